The van der Waals surface area contributed by atoms with Crippen molar-refractivity contribution in [3.05, 3.63) is 17.6 Å². The zero-order chi connectivity index (χ0) is 12.3. The number of aromatic nitrogens is 2. The van der Waals surface area contributed by atoms with E-state index >= 15 is 0 Å². The molecule has 90 valence electrons. The van der Waals surface area contributed by atoms with Crippen LogP contribution < -0.4 is 5.73 Å². The van der Waals surface area contributed by atoms with E-state index in [0.29, 0.717) is 5.69 Å². The number of aryl methyl sites for hydroxylation is 1. The minimum atomic E-state index is -4.38. The summed E-state index contributed by atoms with van der Waals surface area (Å²) in [6.45, 7) is 2.29. The van der Waals surface area contributed by atoms with E-state index < -0.39 is 12.3 Å². The topological polar surface area (TPSA) is 61.0 Å². The van der Waals surface area contributed by atoms with Gasteiger partial charge in [-0.25, -0.2) is 9.97 Å². The predicted molar refractivity (Wildman–Crippen MR) is 51.5 cm³/mol. The van der Waals surface area contributed by atoms with Crippen molar-refractivity contribution in [2.45, 2.75) is 32.7 Å². The Morgan fingerprint density at radius 2 is 2.06 bits per heavy atom. The number of alkyl halides is 3. The maximum Gasteiger partial charge on any atom is 0.414 e. The molecule has 0 bridgehead atoms. The highest BCUT2D eigenvalue weighted by Gasteiger charge is 2.36. The van der Waals surface area contributed by atoms with Crippen LogP contribution in [0.1, 0.15) is 18.4 Å². The Hall–Kier alpha value is -1.37. The van der Waals surface area contributed by atoms with Gasteiger partial charge in [0.25, 0.3) is 0 Å². The van der Waals surface area contributed by atoms with Crippen LogP contribution in [-0.2, 0) is 11.3 Å². The summed E-state index contributed by atoms with van der Waals surface area (Å²) in [7, 11) is 0. The molecule has 0 saturated carbocycles. The van der Waals surface area contributed by atoms with Crippen molar-refractivity contribution in [3.8, 4) is 0 Å². The first kappa shape index (κ1) is 12.7. The van der Waals surface area contributed by atoms with Crippen molar-refractivity contribution in [2.75, 3.05) is 5.73 Å². The number of rotatable bonds is 3. The van der Waals surface area contributed by atoms with Crippen molar-refractivity contribution < 1.29 is 17.9 Å². The van der Waals surface area contributed by atoms with Crippen molar-refractivity contribution in [2.24, 2.45) is 0 Å². The lowest BCUT2D eigenvalue weighted by Gasteiger charge is -2.15. The quantitative estimate of drug-likeness (QED) is 0.868. The monoisotopic (exact) mass is 235 g/mol. The second-order valence-electron chi connectivity index (χ2n) is 3.35. The fourth-order valence-corrected chi connectivity index (χ4v) is 1.01. The molecule has 1 rings (SSSR count). The second kappa shape index (κ2) is 4.65. The molecule has 0 aliphatic heterocycles. The maximum atomic E-state index is 12.1. The lowest BCUT2D eigenvalue weighted by Crippen LogP contribution is -2.28. The van der Waals surface area contributed by atoms with Gasteiger partial charge < -0.3 is 10.5 Å². The highest BCUT2D eigenvalue weighted by atomic mass is 19.4. The predicted octanol–water partition coefficient (Wildman–Crippen LogP) is 1.83. The summed E-state index contributed by atoms with van der Waals surface area (Å²) in [4.78, 5) is 7.67. The molecule has 4 nitrogen and oxygen atoms in total. The second-order valence-corrected chi connectivity index (χ2v) is 3.35. The lowest BCUT2D eigenvalue weighted by atomic mass is 10.4. The minimum absolute atomic E-state index is 0.147. The van der Waals surface area contributed by atoms with Crippen LogP contribution in [0.4, 0.5) is 19.0 Å². The van der Waals surface area contributed by atoms with Gasteiger partial charge in [-0.3, -0.25) is 0 Å². The SMILES string of the molecule is Cc1cc(N)nc(COC(C)C(F)(F)F)n1. The van der Waals surface area contributed by atoms with Gasteiger partial charge in [-0.05, 0) is 13.8 Å². The normalized spacial score (nSPS) is 13.8. The molecule has 0 aliphatic rings. The molecule has 0 aromatic carbocycles. The highest BCUT2D eigenvalue weighted by molar-refractivity contribution is 5.28. The fourth-order valence-electron chi connectivity index (χ4n) is 1.01. The van der Waals surface area contributed by atoms with Crippen molar-refractivity contribution in [1.29, 1.82) is 0 Å². The third-order valence-corrected chi connectivity index (χ3v) is 1.84. The zero-order valence-electron chi connectivity index (χ0n) is 8.88. The van der Waals surface area contributed by atoms with Crippen molar-refractivity contribution in [1.82, 2.24) is 9.97 Å². The average molecular weight is 235 g/mol. The van der Waals surface area contributed by atoms with Gasteiger partial charge in [0.1, 0.15) is 12.4 Å². The fraction of sp³-hybridized carbons (Fsp3) is 0.556. The molecule has 0 amide bonds. The number of ether oxygens (including phenoxy) is 1. The number of hydrogen-bond acceptors (Lipinski definition) is 4. The lowest BCUT2D eigenvalue weighted by molar-refractivity contribution is -0.217. The van der Waals surface area contributed by atoms with E-state index in [1.165, 1.54) is 6.07 Å². The van der Waals surface area contributed by atoms with Crippen LogP contribution in [-0.4, -0.2) is 22.2 Å². The Kier molecular flexibility index (Phi) is 3.69. The third-order valence-electron chi connectivity index (χ3n) is 1.84. The van der Waals surface area contributed by atoms with Crippen LogP contribution in [0.3, 0.4) is 0 Å². The van der Waals surface area contributed by atoms with Crippen molar-refractivity contribution >= 4 is 5.82 Å². The Labute approximate surface area is 90.6 Å². The summed E-state index contributed by atoms with van der Waals surface area (Å²) in [6.07, 6.45) is -6.23. The number of nitrogens with two attached hydrogens (primary N) is 1. The summed E-state index contributed by atoms with van der Waals surface area (Å²) in [5.74, 6) is 0.361. The van der Waals surface area contributed by atoms with Crippen LogP contribution in [0.5, 0.6) is 0 Å². The standard InChI is InChI=1S/C9H12F3N3O/c1-5-3-7(13)15-8(14-5)4-16-6(2)9(10,11)12/h3,6H,4H2,1-2H3,(H2,13,14,15). The van der Waals surface area contributed by atoms with Crippen LogP contribution in [0, 0.1) is 6.92 Å². The van der Waals surface area contributed by atoms with Crippen molar-refractivity contribution in [3.63, 3.8) is 0 Å². The molecule has 0 saturated heterocycles. The summed E-state index contributed by atoms with van der Waals surface area (Å²) < 4.78 is 41.0. The van der Waals surface area contributed by atoms with Crippen LogP contribution in [0.25, 0.3) is 0 Å². The smallest absolute Gasteiger partial charge is 0.384 e. The summed E-state index contributed by atoms with van der Waals surface area (Å²) in [5, 5.41) is 0. The van der Waals surface area contributed by atoms with E-state index in [9.17, 15) is 13.2 Å². The van der Waals surface area contributed by atoms with E-state index in [0.717, 1.165) is 6.92 Å². The zero-order valence-corrected chi connectivity index (χ0v) is 8.88. The Morgan fingerprint density at radius 1 is 1.44 bits per heavy atom. The highest BCUT2D eigenvalue weighted by Crippen LogP contribution is 2.22. The molecular weight excluding hydrogens is 223 g/mol. The molecule has 0 fully saturated rings. The van der Waals surface area contributed by atoms with E-state index in [-0.39, 0.29) is 18.2 Å². The molecule has 16 heavy (non-hydrogen) atoms. The van der Waals surface area contributed by atoms with Gasteiger partial charge >= 0.3 is 6.18 Å². The van der Waals surface area contributed by atoms with Gasteiger partial charge in [0.2, 0.25) is 0 Å². The van der Waals surface area contributed by atoms with E-state index in [1.54, 1.807) is 6.92 Å². The first-order valence-electron chi connectivity index (χ1n) is 4.57. The first-order chi connectivity index (χ1) is 7.29. The largest absolute Gasteiger partial charge is 0.414 e. The van der Waals surface area contributed by atoms with Crippen LogP contribution in [0.15, 0.2) is 6.07 Å². The maximum absolute atomic E-state index is 12.1. The number of halogens is 3. The van der Waals surface area contributed by atoms with Gasteiger partial charge in [0.05, 0.1) is 0 Å². The van der Waals surface area contributed by atoms with E-state index in [4.69, 9.17) is 5.73 Å². The van der Waals surface area contributed by atoms with E-state index in [1.807, 2.05) is 0 Å². The Balaban J connectivity index is 2.61. The van der Waals surface area contributed by atoms with Gasteiger partial charge in [0.15, 0.2) is 11.9 Å². The molecule has 1 atom stereocenters. The van der Waals surface area contributed by atoms with Gasteiger partial charge in [-0.1, -0.05) is 0 Å². The number of nitrogens with zero attached hydrogens (tertiary/aromatic N) is 2. The molecule has 7 heteroatoms. The molecular formula is C9H12F3N3O. The Bertz CT molecular complexity index is 347. The van der Waals surface area contributed by atoms with Gasteiger partial charge in [-0.2, -0.15) is 13.2 Å². The molecule has 0 radical (unpaired) electrons. The molecule has 0 spiro atoms. The molecule has 1 heterocycles. The molecule has 1 aromatic heterocycles. The summed E-state index contributed by atoms with van der Waals surface area (Å²) >= 11 is 0. The van der Waals surface area contributed by atoms with E-state index in [2.05, 4.69) is 14.7 Å². The molecule has 0 aliphatic carbocycles. The average Bonchev–Trinajstić information content (AvgIpc) is 2.11. The van der Waals surface area contributed by atoms with Gasteiger partial charge in [-0.15, -0.1) is 0 Å². The molecule has 1 aromatic rings. The number of anilines is 1. The number of nitrogen functional groups attached to an aromatic ring is 1. The van der Waals surface area contributed by atoms with Gasteiger partial charge in [0, 0.05) is 11.8 Å². The summed E-state index contributed by atoms with van der Waals surface area (Å²) in [5.41, 5.74) is 6.01. The van der Waals surface area contributed by atoms with Crippen LogP contribution >= 0.6 is 0 Å². The first-order valence-corrected chi connectivity index (χ1v) is 4.57. The summed E-state index contributed by atoms with van der Waals surface area (Å²) in [6, 6.07) is 1.52. The molecule has 1 unspecified atom stereocenters. The number of hydrogen-bond donors (Lipinski definition) is 1. The van der Waals surface area contributed by atoms with Crippen LogP contribution in [0.2, 0.25) is 0 Å². The molecule has 2 N–H and O–H groups in total. The minimum Gasteiger partial charge on any atom is -0.384 e. The Morgan fingerprint density at radius 3 is 2.56 bits per heavy atom. The third kappa shape index (κ3) is 3.65.